The molecule has 1 N–H and O–H groups in total. The predicted molar refractivity (Wildman–Crippen MR) is 58.8 cm³/mol. The molecule has 0 aliphatic carbocycles. The lowest BCUT2D eigenvalue weighted by Gasteiger charge is -2.22. The number of ether oxygens (including phenoxy) is 1. The van der Waals surface area contributed by atoms with E-state index in [4.69, 9.17) is 10.00 Å². The molecule has 2 rings (SSSR count). The molecule has 84 valence electrons. The van der Waals surface area contributed by atoms with Crippen LogP contribution in [0.4, 0.5) is 5.82 Å². The molecule has 1 aromatic rings. The van der Waals surface area contributed by atoms with Crippen molar-refractivity contribution < 1.29 is 4.74 Å². The highest BCUT2D eigenvalue weighted by atomic mass is 16.5. The molecule has 1 aromatic heterocycles. The van der Waals surface area contributed by atoms with Crippen LogP contribution < -0.4 is 5.32 Å². The van der Waals surface area contributed by atoms with Gasteiger partial charge in [0.15, 0.2) is 11.5 Å². The van der Waals surface area contributed by atoms with Gasteiger partial charge >= 0.3 is 0 Å². The molecule has 1 atom stereocenters. The average Bonchev–Trinajstić information content (AvgIpc) is 2.74. The number of nitrogens with one attached hydrogen (secondary N) is 1. The van der Waals surface area contributed by atoms with E-state index in [0.717, 1.165) is 26.2 Å². The first kappa shape index (κ1) is 10.8. The lowest BCUT2D eigenvalue weighted by Crippen LogP contribution is -2.27. The van der Waals surface area contributed by atoms with Crippen LogP contribution in [0.25, 0.3) is 0 Å². The summed E-state index contributed by atoms with van der Waals surface area (Å²) in [5, 5.41) is 12.0. The van der Waals surface area contributed by atoms with Gasteiger partial charge in [0.2, 0.25) is 0 Å². The van der Waals surface area contributed by atoms with Crippen molar-refractivity contribution in [2.45, 2.75) is 13.3 Å². The van der Waals surface area contributed by atoms with E-state index in [2.05, 4.69) is 22.2 Å². The minimum Gasteiger partial charge on any atom is -0.381 e. The highest BCUT2D eigenvalue weighted by Gasteiger charge is 2.29. The minimum atomic E-state index is 0.129. The van der Waals surface area contributed by atoms with E-state index in [9.17, 15) is 0 Å². The number of nitriles is 1. The zero-order valence-electron chi connectivity index (χ0n) is 9.23. The van der Waals surface area contributed by atoms with Gasteiger partial charge in [-0.05, 0) is 6.42 Å². The first-order valence-corrected chi connectivity index (χ1v) is 5.26. The summed E-state index contributed by atoms with van der Waals surface area (Å²) in [6, 6.07) is 2.02. The van der Waals surface area contributed by atoms with Crippen molar-refractivity contribution in [3.05, 3.63) is 18.1 Å². The zero-order chi connectivity index (χ0) is 11.4. The second-order valence-corrected chi connectivity index (χ2v) is 4.33. The van der Waals surface area contributed by atoms with Crippen LogP contribution in [0.5, 0.6) is 0 Å². The average molecular weight is 218 g/mol. The molecule has 0 bridgehead atoms. The molecule has 0 amide bonds. The van der Waals surface area contributed by atoms with E-state index in [1.807, 2.05) is 6.07 Å². The van der Waals surface area contributed by atoms with Gasteiger partial charge in [-0.3, -0.25) is 0 Å². The molecule has 1 unspecified atom stereocenters. The topological polar surface area (TPSA) is 70.8 Å². The van der Waals surface area contributed by atoms with Crippen molar-refractivity contribution in [1.82, 2.24) is 9.97 Å². The molecule has 5 heteroatoms. The third kappa shape index (κ3) is 2.28. The summed E-state index contributed by atoms with van der Waals surface area (Å²) in [4.78, 5) is 8.05. The van der Waals surface area contributed by atoms with Crippen molar-refractivity contribution in [2.75, 3.05) is 25.1 Å². The fourth-order valence-electron chi connectivity index (χ4n) is 1.70. The zero-order valence-corrected chi connectivity index (χ0v) is 9.23. The maximum Gasteiger partial charge on any atom is 0.182 e. The van der Waals surface area contributed by atoms with E-state index in [1.165, 1.54) is 6.20 Å². The van der Waals surface area contributed by atoms with Crippen molar-refractivity contribution in [3.63, 3.8) is 0 Å². The van der Waals surface area contributed by atoms with E-state index < -0.39 is 0 Å². The van der Waals surface area contributed by atoms with Gasteiger partial charge in [-0.25, -0.2) is 9.97 Å². The fourth-order valence-corrected chi connectivity index (χ4v) is 1.70. The van der Waals surface area contributed by atoms with E-state index in [-0.39, 0.29) is 5.41 Å². The lowest BCUT2D eigenvalue weighted by atomic mass is 9.90. The van der Waals surface area contributed by atoms with E-state index in [0.29, 0.717) is 11.5 Å². The maximum absolute atomic E-state index is 8.86. The first-order valence-electron chi connectivity index (χ1n) is 5.26. The Balaban J connectivity index is 2.02. The molecular formula is C11H14N4O. The lowest BCUT2D eigenvalue weighted by molar-refractivity contribution is 0.164. The van der Waals surface area contributed by atoms with Gasteiger partial charge in [0.05, 0.1) is 6.61 Å². The molecule has 0 spiro atoms. The van der Waals surface area contributed by atoms with Crippen LogP contribution in [0.15, 0.2) is 12.4 Å². The smallest absolute Gasteiger partial charge is 0.182 e. The molecule has 2 heterocycles. The van der Waals surface area contributed by atoms with Crippen molar-refractivity contribution in [1.29, 1.82) is 5.26 Å². The Kier molecular flexibility index (Phi) is 3.02. The largest absolute Gasteiger partial charge is 0.381 e. The standard InChI is InChI=1S/C11H14N4O/c1-11(2-5-16-8-11)7-15-10-9(6-12)13-3-4-14-10/h3-4H,2,5,7-8H2,1H3,(H,14,15). The van der Waals surface area contributed by atoms with Gasteiger partial charge in [0, 0.05) is 31.0 Å². The van der Waals surface area contributed by atoms with Gasteiger partial charge in [0.1, 0.15) is 6.07 Å². The van der Waals surface area contributed by atoms with E-state index >= 15 is 0 Å². The number of aromatic nitrogens is 2. The second-order valence-electron chi connectivity index (χ2n) is 4.33. The summed E-state index contributed by atoms with van der Waals surface area (Å²) < 4.78 is 5.36. The molecule has 0 aromatic carbocycles. The van der Waals surface area contributed by atoms with Gasteiger partial charge in [-0.1, -0.05) is 6.92 Å². The molecule has 1 saturated heterocycles. The molecule has 1 aliphatic heterocycles. The summed E-state index contributed by atoms with van der Waals surface area (Å²) >= 11 is 0. The van der Waals surface area contributed by atoms with Crippen molar-refractivity contribution >= 4 is 5.82 Å². The maximum atomic E-state index is 8.86. The number of anilines is 1. The fraction of sp³-hybridized carbons (Fsp3) is 0.545. The van der Waals surface area contributed by atoms with Crippen LogP contribution in [-0.2, 0) is 4.74 Å². The van der Waals surface area contributed by atoms with Crippen LogP contribution in [0, 0.1) is 16.7 Å². The summed E-state index contributed by atoms with van der Waals surface area (Å²) in [5.74, 6) is 0.554. The van der Waals surface area contributed by atoms with Crippen LogP contribution in [0.1, 0.15) is 19.0 Å². The summed E-state index contributed by atoms with van der Waals surface area (Å²) in [7, 11) is 0. The third-order valence-corrected chi connectivity index (χ3v) is 2.79. The number of rotatable bonds is 3. The molecule has 16 heavy (non-hydrogen) atoms. The van der Waals surface area contributed by atoms with E-state index in [1.54, 1.807) is 6.20 Å². The monoisotopic (exact) mass is 218 g/mol. The Bertz CT molecular complexity index is 407. The highest BCUT2D eigenvalue weighted by Crippen LogP contribution is 2.27. The van der Waals surface area contributed by atoms with Gasteiger partial charge in [-0.15, -0.1) is 0 Å². The van der Waals surface area contributed by atoms with Crippen LogP contribution in [0.2, 0.25) is 0 Å². The Morgan fingerprint density at radius 1 is 1.56 bits per heavy atom. The molecule has 1 fully saturated rings. The minimum absolute atomic E-state index is 0.129. The molecule has 5 nitrogen and oxygen atoms in total. The Hall–Kier alpha value is -1.67. The first-order chi connectivity index (χ1) is 7.73. The Labute approximate surface area is 94.5 Å². The predicted octanol–water partition coefficient (Wildman–Crippen LogP) is 1.19. The SMILES string of the molecule is CC1(CNc2nccnc2C#N)CCOC1. The molecule has 0 saturated carbocycles. The van der Waals surface area contributed by atoms with Crippen LogP contribution in [-0.4, -0.2) is 29.7 Å². The number of hydrogen-bond donors (Lipinski definition) is 1. The molecular weight excluding hydrogens is 204 g/mol. The van der Waals surface area contributed by atoms with Crippen molar-refractivity contribution in [2.24, 2.45) is 5.41 Å². The Morgan fingerprint density at radius 3 is 3.06 bits per heavy atom. The second kappa shape index (κ2) is 4.45. The van der Waals surface area contributed by atoms with Gasteiger partial charge in [-0.2, -0.15) is 5.26 Å². The molecule has 0 radical (unpaired) electrons. The van der Waals surface area contributed by atoms with Gasteiger partial charge in [0.25, 0.3) is 0 Å². The highest BCUT2D eigenvalue weighted by molar-refractivity contribution is 5.46. The summed E-state index contributed by atoms with van der Waals surface area (Å²) in [6.07, 6.45) is 4.13. The Morgan fingerprint density at radius 2 is 2.38 bits per heavy atom. The normalized spacial score (nSPS) is 24.0. The number of nitrogens with zero attached hydrogens (tertiary/aromatic N) is 3. The quantitative estimate of drug-likeness (QED) is 0.825. The van der Waals surface area contributed by atoms with Crippen molar-refractivity contribution in [3.8, 4) is 6.07 Å². The van der Waals surface area contributed by atoms with Gasteiger partial charge < -0.3 is 10.1 Å². The summed E-state index contributed by atoms with van der Waals surface area (Å²) in [6.45, 7) is 4.47. The molecule has 1 aliphatic rings. The van der Waals surface area contributed by atoms with Crippen LogP contribution >= 0.6 is 0 Å². The third-order valence-electron chi connectivity index (χ3n) is 2.79. The number of hydrogen-bond acceptors (Lipinski definition) is 5. The summed E-state index contributed by atoms with van der Waals surface area (Å²) in [5.41, 5.74) is 0.467. The van der Waals surface area contributed by atoms with Crippen LogP contribution in [0.3, 0.4) is 0 Å².